The van der Waals surface area contributed by atoms with Gasteiger partial charge in [-0.25, -0.2) is 0 Å². The average molecular weight is 263 g/mol. The van der Waals surface area contributed by atoms with Crippen molar-refractivity contribution in [2.45, 2.75) is 19.4 Å². The van der Waals surface area contributed by atoms with Gasteiger partial charge >= 0.3 is 0 Å². The van der Waals surface area contributed by atoms with Crippen LogP contribution in [-0.2, 0) is 6.42 Å². The minimum atomic E-state index is 0.00731. The minimum Gasteiger partial charge on any atom is -0.271 e. The fourth-order valence-corrected chi connectivity index (χ4v) is 2.12. The molecule has 0 saturated carbocycles. The van der Waals surface area contributed by atoms with E-state index in [9.17, 15) is 0 Å². The molecule has 0 amide bonds. The van der Waals surface area contributed by atoms with Gasteiger partial charge in [0.05, 0.1) is 11.1 Å². The van der Waals surface area contributed by atoms with Crippen LogP contribution in [0.25, 0.3) is 0 Å². The van der Waals surface area contributed by atoms with Crippen LogP contribution in [0.1, 0.15) is 22.7 Å². The number of rotatable bonds is 4. The molecule has 0 aliphatic rings. The molecule has 0 spiro atoms. The van der Waals surface area contributed by atoms with Crippen LogP contribution in [0.15, 0.2) is 36.9 Å². The number of hydrazine groups is 1. The highest BCUT2D eigenvalue weighted by Gasteiger charge is 2.14. The quantitative estimate of drug-likeness (QED) is 0.655. The minimum absolute atomic E-state index is 0.00731. The average Bonchev–Trinajstić information content (AvgIpc) is 2.39. The Bertz CT molecular complexity index is 530. The number of nitrogens with one attached hydrogen (secondary N) is 1. The summed E-state index contributed by atoms with van der Waals surface area (Å²) in [6, 6.07) is 3.88. The van der Waals surface area contributed by atoms with Crippen molar-refractivity contribution in [3.05, 3.63) is 58.6 Å². The molecule has 1 unspecified atom stereocenters. The smallest absolute Gasteiger partial charge is 0.0622 e. The van der Waals surface area contributed by atoms with Crippen LogP contribution in [0, 0.1) is 6.92 Å². The highest BCUT2D eigenvalue weighted by atomic mass is 35.5. The zero-order chi connectivity index (χ0) is 13.0. The third-order valence-electron chi connectivity index (χ3n) is 2.92. The van der Waals surface area contributed by atoms with E-state index in [0.29, 0.717) is 11.4 Å². The van der Waals surface area contributed by atoms with Crippen LogP contribution in [0.4, 0.5) is 0 Å². The van der Waals surface area contributed by atoms with E-state index in [0.717, 1.165) is 16.7 Å². The van der Waals surface area contributed by atoms with Crippen molar-refractivity contribution in [1.29, 1.82) is 0 Å². The Balaban J connectivity index is 2.26. The van der Waals surface area contributed by atoms with Gasteiger partial charge in [0.1, 0.15) is 0 Å². The van der Waals surface area contributed by atoms with E-state index < -0.39 is 0 Å². The lowest BCUT2D eigenvalue weighted by Crippen LogP contribution is -2.30. The van der Waals surface area contributed by atoms with Gasteiger partial charge in [-0.1, -0.05) is 11.6 Å². The molecule has 0 aromatic carbocycles. The molecule has 0 radical (unpaired) electrons. The van der Waals surface area contributed by atoms with E-state index in [-0.39, 0.29) is 6.04 Å². The SMILES string of the molecule is Cc1cnccc1C(Cc1ccncc1Cl)NN. The van der Waals surface area contributed by atoms with Gasteiger partial charge in [0.25, 0.3) is 0 Å². The van der Waals surface area contributed by atoms with Gasteiger partial charge in [-0.2, -0.15) is 0 Å². The third-order valence-corrected chi connectivity index (χ3v) is 3.26. The van der Waals surface area contributed by atoms with Crippen LogP contribution >= 0.6 is 11.6 Å². The lowest BCUT2D eigenvalue weighted by atomic mass is 9.98. The number of pyridine rings is 2. The van der Waals surface area contributed by atoms with Crippen LogP contribution in [0.3, 0.4) is 0 Å². The Morgan fingerprint density at radius 3 is 2.67 bits per heavy atom. The highest BCUT2D eigenvalue weighted by molar-refractivity contribution is 6.31. The fraction of sp³-hybridized carbons (Fsp3) is 0.231. The second-order valence-corrected chi connectivity index (χ2v) is 4.53. The Morgan fingerprint density at radius 2 is 2.00 bits per heavy atom. The molecule has 2 aromatic rings. The molecule has 0 bridgehead atoms. The van der Waals surface area contributed by atoms with Gasteiger partial charge in [-0.05, 0) is 42.2 Å². The monoisotopic (exact) mass is 262 g/mol. The van der Waals surface area contributed by atoms with Crippen molar-refractivity contribution in [2.24, 2.45) is 5.84 Å². The van der Waals surface area contributed by atoms with E-state index in [1.165, 1.54) is 0 Å². The summed E-state index contributed by atoms with van der Waals surface area (Å²) in [5.41, 5.74) is 6.08. The van der Waals surface area contributed by atoms with Crippen LogP contribution < -0.4 is 11.3 Å². The second-order valence-electron chi connectivity index (χ2n) is 4.12. The first-order valence-corrected chi connectivity index (χ1v) is 6.05. The van der Waals surface area contributed by atoms with Crippen LogP contribution in [0.5, 0.6) is 0 Å². The first-order chi connectivity index (χ1) is 8.72. The van der Waals surface area contributed by atoms with E-state index in [2.05, 4.69) is 15.4 Å². The van der Waals surface area contributed by atoms with Crippen molar-refractivity contribution >= 4 is 11.6 Å². The lowest BCUT2D eigenvalue weighted by molar-refractivity contribution is 0.548. The normalized spacial score (nSPS) is 12.4. The molecule has 4 nitrogen and oxygen atoms in total. The van der Waals surface area contributed by atoms with E-state index in [4.69, 9.17) is 17.4 Å². The molecule has 18 heavy (non-hydrogen) atoms. The first kappa shape index (κ1) is 13.0. The topological polar surface area (TPSA) is 63.8 Å². The van der Waals surface area contributed by atoms with E-state index in [1.54, 1.807) is 18.6 Å². The molecule has 2 heterocycles. The van der Waals surface area contributed by atoms with Gasteiger partial charge < -0.3 is 0 Å². The summed E-state index contributed by atoms with van der Waals surface area (Å²) >= 11 is 6.11. The Hall–Kier alpha value is -1.49. The number of nitrogens with two attached hydrogens (primary N) is 1. The maximum atomic E-state index is 6.11. The summed E-state index contributed by atoms with van der Waals surface area (Å²) in [6.07, 6.45) is 7.68. The predicted molar refractivity (Wildman–Crippen MR) is 72.0 cm³/mol. The first-order valence-electron chi connectivity index (χ1n) is 5.67. The molecular weight excluding hydrogens is 248 g/mol. The fourth-order valence-electron chi connectivity index (χ4n) is 1.92. The van der Waals surface area contributed by atoms with E-state index >= 15 is 0 Å². The van der Waals surface area contributed by atoms with Crippen molar-refractivity contribution in [3.8, 4) is 0 Å². The molecule has 0 aliphatic heterocycles. The zero-order valence-corrected chi connectivity index (χ0v) is 10.9. The predicted octanol–water partition coefficient (Wildman–Crippen LogP) is 2.19. The molecule has 94 valence electrons. The van der Waals surface area contributed by atoms with Gasteiger partial charge in [0.2, 0.25) is 0 Å². The number of aromatic nitrogens is 2. The van der Waals surface area contributed by atoms with Crippen molar-refractivity contribution in [3.63, 3.8) is 0 Å². The van der Waals surface area contributed by atoms with Gasteiger partial charge in [0, 0.05) is 24.8 Å². The molecule has 5 heteroatoms. The summed E-state index contributed by atoms with van der Waals surface area (Å²) < 4.78 is 0. The number of hydrogen-bond donors (Lipinski definition) is 2. The zero-order valence-electron chi connectivity index (χ0n) is 10.1. The summed E-state index contributed by atoms with van der Waals surface area (Å²) in [7, 11) is 0. The highest BCUT2D eigenvalue weighted by Crippen LogP contribution is 2.23. The molecule has 0 saturated heterocycles. The maximum absolute atomic E-state index is 6.11. The second kappa shape index (κ2) is 5.91. The summed E-state index contributed by atoms with van der Waals surface area (Å²) in [5.74, 6) is 5.64. The van der Waals surface area contributed by atoms with Crippen molar-refractivity contribution < 1.29 is 0 Å². The number of halogens is 1. The van der Waals surface area contributed by atoms with Gasteiger partial charge in [0.15, 0.2) is 0 Å². The largest absolute Gasteiger partial charge is 0.271 e. The molecule has 3 N–H and O–H groups in total. The molecule has 0 aliphatic carbocycles. The van der Waals surface area contributed by atoms with Gasteiger partial charge in [-0.15, -0.1) is 0 Å². The Kier molecular flexibility index (Phi) is 4.25. The van der Waals surface area contributed by atoms with Gasteiger partial charge in [-0.3, -0.25) is 21.2 Å². The van der Waals surface area contributed by atoms with Crippen molar-refractivity contribution in [2.75, 3.05) is 0 Å². The Morgan fingerprint density at radius 1 is 1.28 bits per heavy atom. The van der Waals surface area contributed by atoms with E-state index in [1.807, 2.05) is 25.3 Å². The van der Waals surface area contributed by atoms with Crippen LogP contribution in [-0.4, -0.2) is 9.97 Å². The van der Waals surface area contributed by atoms with Crippen LogP contribution in [0.2, 0.25) is 5.02 Å². The molecule has 0 fully saturated rings. The summed E-state index contributed by atoms with van der Waals surface area (Å²) in [4.78, 5) is 8.06. The molecular formula is C13H15ClN4. The Labute approximate surface area is 111 Å². The molecule has 1 atom stereocenters. The molecule has 2 rings (SSSR count). The number of hydrogen-bond acceptors (Lipinski definition) is 4. The summed E-state index contributed by atoms with van der Waals surface area (Å²) in [5, 5.41) is 0.657. The third kappa shape index (κ3) is 2.85. The lowest BCUT2D eigenvalue weighted by Gasteiger charge is -2.18. The number of aryl methyl sites for hydroxylation is 1. The number of nitrogens with zero attached hydrogens (tertiary/aromatic N) is 2. The maximum Gasteiger partial charge on any atom is 0.0622 e. The molecule has 2 aromatic heterocycles. The standard InChI is InChI=1S/C13H15ClN4/c1-9-7-16-5-3-11(9)13(18-15)6-10-2-4-17-8-12(10)14/h2-5,7-8,13,18H,6,15H2,1H3. The summed E-state index contributed by atoms with van der Waals surface area (Å²) in [6.45, 7) is 2.01. The van der Waals surface area contributed by atoms with Crippen molar-refractivity contribution in [1.82, 2.24) is 15.4 Å².